The fraction of sp³-hybridized carbons (Fsp3) is 0.478. The smallest absolute Gasteiger partial charge is 0.123 e. The van der Waals surface area contributed by atoms with E-state index in [4.69, 9.17) is 0 Å². The van der Waals surface area contributed by atoms with E-state index in [0.717, 1.165) is 42.6 Å². The van der Waals surface area contributed by atoms with Gasteiger partial charge >= 0.3 is 0 Å². The van der Waals surface area contributed by atoms with Crippen LogP contribution in [-0.2, 0) is 5.60 Å². The summed E-state index contributed by atoms with van der Waals surface area (Å²) in [5.74, 6) is 1.38. The van der Waals surface area contributed by atoms with E-state index in [1.807, 2.05) is 30.3 Å². The van der Waals surface area contributed by atoms with Crippen LogP contribution in [0.2, 0.25) is 0 Å². The predicted octanol–water partition coefficient (Wildman–Crippen LogP) is 4.57. The van der Waals surface area contributed by atoms with E-state index in [1.165, 1.54) is 37.8 Å². The maximum atomic E-state index is 13.4. The summed E-state index contributed by atoms with van der Waals surface area (Å²) in [6.07, 6.45) is 6.08. The van der Waals surface area contributed by atoms with Crippen molar-refractivity contribution >= 4 is 0 Å². The predicted molar refractivity (Wildman–Crippen MR) is 102 cm³/mol. The van der Waals surface area contributed by atoms with Crippen molar-refractivity contribution in [2.45, 2.75) is 37.7 Å². The first-order chi connectivity index (χ1) is 12.6. The second kappa shape index (κ2) is 7.50. The Bertz CT molecular complexity index is 695. The van der Waals surface area contributed by atoms with Crippen LogP contribution in [0.3, 0.4) is 0 Å². The molecule has 2 heterocycles. The Morgan fingerprint density at radius 2 is 1.38 bits per heavy atom. The van der Waals surface area contributed by atoms with Gasteiger partial charge in [0.25, 0.3) is 0 Å². The van der Waals surface area contributed by atoms with Gasteiger partial charge in [-0.25, -0.2) is 4.39 Å². The lowest BCUT2D eigenvalue weighted by Gasteiger charge is -2.32. The minimum absolute atomic E-state index is 0.270. The number of hydrogen-bond donors (Lipinski definition) is 1. The highest BCUT2D eigenvalue weighted by Crippen LogP contribution is 2.36. The number of fused-ring (bicyclic) bond motifs is 4. The number of halogens is 1. The summed E-state index contributed by atoms with van der Waals surface area (Å²) >= 11 is 0. The molecular weight excluding hydrogens is 325 g/mol. The van der Waals surface area contributed by atoms with Gasteiger partial charge in [0.1, 0.15) is 11.4 Å². The van der Waals surface area contributed by atoms with Gasteiger partial charge < -0.3 is 10.0 Å². The van der Waals surface area contributed by atoms with Gasteiger partial charge in [-0.05, 0) is 67.2 Å². The first-order valence-electron chi connectivity index (χ1n) is 9.90. The summed E-state index contributed by atoms with van der Waals surface area (Å²) in [5.41, 5.74) is 0.563. The lowest BCUT2D eigenvalue weighted by molar-refractivity contribution is 0.0558. The van der Waals surface area contributed by atoms with Crippen molar-refractivity contribution in [2.75, 3.05) is 19.6 Å². The summed E-state index contributed by atoms with van der Waals surface area (Å²) < 4.78 is 13.4. The molecule has 3 heteroatoms. The lowest BCUT2D eigenvalue weighted by Crippen LogP contribution is -2.36. The normalized spacial score (nSPS) is 25.6. The molecule has 2 saturated heterocycles. The Morgan fingerprint density at radius 3 is 1.96 bits per heavy atom. The monoisotopic (exact) mass is 353 g/mol. The molecule has 3 aliphatic rings. The van der Waals surface area contributed by atoms with Gasteiger partial charge in [-0.2, -0.15) is 0 Å². The van der Waals surface area contributed by atoms with Crippen LogP contribution in [0.15, 0.2) is 54.6 Å². The second-order valence-electron chi connectivity index (χ2n) is 8.13. The molecule has 1 saturated carbocycles. The highest BCUT2D eigenvalue weighted by Gasteiger charge is 2.34. The third kappa shape index (κ3) is 3.70. The molecule has 0 amide bonds. The molecule has 1 atom stereocenters. The van der Waals surface area contributed by atoms with Gasteiger partial charge in [0.05, 0.1) is 0 Å². The van der Waals surface area contributed by atoms with Crippen LogP contribution in [0.4, 0.5) is 4.39 Å². The SMILES string of the molecule is OC(CCN1CC2CCC(CC2)C1)(c1ccccc1)c1ccc(F)cc1. The van der Waals surface area contributed by atoms with E-state index >= 15 is 0 Å². The van der Waals surface area contributed by atoms with Crippen molar-refractivity contribution in [2.24, 2.45) is 11.8 Å². The first-order valence-corrected chi connectivity index (χ1v) is 9.90. The Kier molecular flexibility index (Phi) is 5.10. The Labute approximate surface area is 155 Å². The largest absolute Gasteiger partial charge is 0.380 e. The molecule has 3 fully saturated rings. The molecule has 0 aromatic heterocycles. The second-order valence-corrected chi connectivity index (χ2v) is 8.13. The van der Waals surface area contributed by atoms with Crippen LogP contribution in [-0.4, -0.2) is 29.6 Å². The third-order valence-corrected chi connectivity index (χ3v) is 6.36. The maximum absolute atomic E-state index is 13.4. The molecule has 26 heavy (non-hydrogen) atoms. The average Bonchev–Trinajstić information content (AvgIpc) is 3.00. The summed E-state index contributed by atoms with van der Waals surface area (Å²) in [6.45, 7) is 3.19. The van der Waals surface area contributed by atoms with Gasteiger partial charge in [0.2, 0.25) is 0 Å². The zero-order valence-corrected chi connectivity index (χ0v) is 15.3. The molecule has 1 unspecified atom stereocenters. The van der Waals surface area contributed by atoms with Crippen molar-refractivity contribution in [3.05, 3.63) is 71.5 Å². The molecule has 5 rings (SSSR count). The number of rotatable bonds is 5. The van der Waals surface area contributed by atoms with E-state index < -0.39 is 5.60 Å². The van der Waals surface area contributed by atoms with Crippen LogP contribution < -0.4 is 0 Å². The molecule has 0 spiro atoms. The highest BCUT2D eigenvalue weighted by molar-refractivity contribution is 5.36. The van der Waals surface area contributed by atoms with E-state index in [1.54, 1.807) is 12.1 Å². The van der Waals surface area contributed by atoms with Crippen LogP contribution in [0, 0.1) is 17.7 Å². The van der Waals surface area contributed by atoms with Gasteiger partial charge in [0, 0.05) is 19.6 Å². The molecule has 1 aliphatic carbocycles. The highest BCUT2D eigenvalue weighted by atomic mass is 19.1. The molecule has 138 valence electrons. The maximum Gasteiger partial charge on any atom is 0.123 e. The summed E-state index contributed by atoms with van der Waals surface area (Å²) in [5, 5.41) is 11.6. The molecule has 2 nitrogen and oxygen atoms in total. The van der Waals surface area contributed by atoms with Crippen molar-refractivity contribution < 1.29 is 9.50 Å². The molecule has 2 aliphatic heterocycles. The topological polar surface area (TPSA) is 23.5 Å². The zero-order valence-electron chi connectivity index (χ0n) is 15.3. The van der Waals surface area contributed by atoms with Crippen LogP contribution in [0.1, 0.15) is 43.2 Å². The fourth-order valence-corrected chi connectivity index (χ4v) is 4.80. The number of nitrogens with zero attached hydrogens (tertiary/aromatic N) is 1. The lowest BCUT2D eigenvalue weighted by atomic mass is 9.83. The van der Waals surface area contributed by atoms with Gasteiger partial charge in [-0.3, -0.25) is 0 Å². The van der Waals surface area contributed by atoms with Gasteiger partial charge in [-0.1, -0.05) is 42.5 Å². The van der Waals surface area contributed by atoms with Crippen LogP contribution in [0.25, 0.3) is 0 Å². The minimum atomic E-state index is -1.08. The standard InChI is InChI=1S/C23H28FNO/c24-22-12-10-21(11-13-22)23(26,20-4-2-1-3-5-20)14-15-25-16-18-6-7-19(17-25)9-8-18/h1-5,10-13,18-19,26H,6-9,14-17H2. The Morgan fingerprint density at radius 1 is 0.846 bits per heavy atom. The Hall–Kier alpha value is -1.71. The minimum Gasteiger partial charge on any atom is -0.380 e. The molecule has 2 aromatic rings. The quantitative estimate of drug-likeness (QED) is 0.851. The van der Waals surface area contributed by atoms with Crippen LogP contribution in [0.5, 0.6) is 0 Å². The number of aliphatic hydroxyl groups is 1. The summed E-state index contributed by atoms with van der Waals surface area (Å²) in [4.78, 5) is 2.55. The molecular formula is C23H28FNO. The van der Waals surface area contributed by atoms with E-state index in [-0.39, 0.29) is 5.82 Å². The van der Waals surface area contributed by atoms with Crippen LogP contribution >= 0.6 is 0 Å². The van der Waals surface area contributed by atoms with E-state index in [2.05, 4.69) is 4.90 Å². The van der Waals surface area contributed by atoms with E-state index in [0.29, 0.717) is 6.42 Å². The first kappa shape index (κ1) is 17.7. The fourth-order valence-electron chi connectivity index (χ4n) is 4.80. The van der Waals surface area contributed by atoms with Crippen molar-refractivity contribution in [3.63, 3.8) is 0 Å². The number of benzene rings is 2. The summed E-state index contributed by atoms with van der Waals surface area (Å²) in [7, 11) is 0. The zero-order chi connectivity index (χ0) is 18.0. The number of hydrogen-bond acceptors (Lipinski definition) is 2. The molecule has 0 radical (unpaired) electrons. The van der Waals surface area contributed by atoms with Gasteiger partial charge in [-0.15, -0.1) is 0 Å². The van der Waals surface area contributed by atoms with Crippen molar-refractivity contribution in [1.29, 1.82) is 0 Å². The molecule has 1 N–H and O–H groups in total. The summed E-state index contributed by atoms with van der Waals surface area (Å²) in [6, 6.07) is 16.1. The third-order valence-electron chi connectivity index (χ3n) is 6.36. The average molecular weight is 353 g/mol. The molecule has 2 aromatic carbocycles. The van der Waals surface area contributed by atoms with E-state index in [9.17, 15) is 9.50 Å². The Balaban J connectivity index is 1.56. The van der Waals surface area contributed by atoms with Crippen molar-refractivity contribution in [1.82, 2.24) is 4.90 Å². The van der Waals surface area contributed by atoms with Gasteiger partial charge in [0.15, 0.2) is 0 Å². The molecule has 2 bridgehead atoms. The van der Waals surface area contributed by atoms with Crippen molar-refractivity contribution in [3.8, 4) is 0 Å².